The third-order valence-corrected chi connectivity index (χ3v) is 5.07. The predicted molar refractivity (Wildman–Crippen MR) is 90.1 cm³/mol. The monoisotopic (exact) mass is 324 g/mol. The molecule has 1 aromatic carbocycles. The Hall–Kier alpha value is -2.40. The molecule has 0 spiro atoms. The highest BCUT2D eigenvalue weighted by molar-refractivity contribution is 5.94. The standard InChI is InChI=1S/C19H20N2O3/c22-16-10-11-5-1-3-7-13(11)17(16)21-19(24)14-9-12-6-2-4-8-15(12)20-18(14)23/h1,3,5,7,9,16-17,22H,2,4,6,8,10H2,(H,20,23)(H,21,24)/t16-,17+/m0/s1. The number of pyridine rings is 1. The zero-order chi connectivity index (χ0) is 16.7. The van der Waals surface area contributed by atoms with Gasteiger partial charge in [0.05, 0.1) is 12.1 Å². The summed E-state index contributed by atoms with van der Waals surface area (Å²) in [4.78, 5) is 27.7. The number of carbonyl (C=O) groups is 1. The van der Waals surface area contributed by atoms with Crippen LogP contribution in [-0.4, -0.2) is 22.1 Å². The maximum absolute atomic E-state index is 12.6. The second-order valence-corrected chi connectivity index (χ2v) is 6.64. The van der Waals surface area contributed by atoms with Crippen molar-refractivity contribution in [3.63, 3.8) is 0 Å². The van der Waals surface area contributed by atoms with Crippen LogP contribution in [0.3, 0.4) is 0 Å². The van der Waals surface area contributed by atoms with Crippen LogP contribution >= 0.6 is 0 Å². The highest BCUT2D eigenvalue weighted by Crippen LogP contribution is 2.31. The van der Waals surface area contributed by atoms with Crippen LogP contribution in [0.15, 0.2) is 35.1 Å². The summed E-state index contributed by atoms with van der Waals surface area (Å²) in [6.45, 7) is 0. The Kier molecular flexibility index (Phi) is 3.73. The van der Waals surface area contributed by atoms with Crippen molar-refractivity contribution in [2.75, 3.05) is 0 Å². The third kappa shape index (κ3) is 2.55. The molecule has 1 aromatic heterocycles. The molecule has 0 bridgehead atoms. The van der Waals surface area contributed by atoms with Gasteiger partial charge < -0.3 is 15.4 Å². The number of rotatable bonds is 2. The Morgan fingerprint density at radius 2 is 1.96 bits per heavy atom. The minimum Gasteiger partial charge on any atom is -0.390 e. The molecule has 0 fully saturated rings. The summed E-state index contributed by atoms with van der Waals surface area (Å²) in [5.41, 5.74) is 3.75. The Bertz CT molecular complexity index is 856. The molecule has 0 aliphatic heterocycles. The number of carbonyl (C=O) groups excluding carboxylic acids is 1. The first-order valence-corrected chi connectivity index (χ1v) is 8.45. The second kappa shape index (κ2) is 5.91. The van der Waals surface area contributed by atoms with Crippen molar-refractivity contribution in [1.82, 2.24) is 10.3 Å². The average molecular weight is 324 g/mol. The molecule has 3 N–H and O–H groups in total. The van der Waals surface area contributed by atoms with E-state index in [-0.39, 0.29) is 11.1 Å². The van der Waals surface area contributed by atoms with Gasteiger partial charge in [0.25, 0.3) is 11.5 Å². The van der Waals surface area contributed by atoms with E-state index in [9.17, 15) is 14.7 Å². The summed E-state index contributed by atoms with van der Waals surface area (Å²) in [6.07, 6.45) is 3.75. The molecule has 124 valence electrons. The van der Waals surface area contributed by atoms with Crippen LogP contribution in [0, 0.1) is 0 Å². The van der Waals surface area contributed by atoms with Gasteiger partial charge in [-0.25, -0.2) is 0 Å². The number of benzene rings is 1. The second-order valence-electron chi connectivity index (χ2n) is 6.64. The van der Waals surface area contributed by atoms with Crippen molar-refractivity contribution >= 4 is 5.91 Å². The molecule has 0 unspecified atom stereocenters. The van der Waals surface area contributed by atoms with Crippen molar-refractivity contribution < 1.29 is 9.90 Å². The summed E-state index contributed by atoms with van der Waals surface area (Å²) in [5.74, 6) is -0.426. The summed E-state index contributed by atoms with van der Waals surface area (Å²) in [5, 5.41) is 13.1. The van der Waals surface area contributed by atoms with Crippen LogP contribution in [-0.2, 0) is 19.3 Å². The van der Waals surface area contributed by atoms with Gasteiger partial charge in [0.15, 0.2) is 0 Å². The van der Waals surface area contributed by atoms with Crippen molar-refractivity contribution in [3.8, 4) is 0 Å². The number of fused-ring (bicyclic) bond motifs is 2. The van der Waals surface area contributed by atoms with Crippen LogP contribution in [0.1, 0.15) is 51.6 Å². The normalized spacial score (nSPS) is 21.9. The first-order chi connectivity index (χ1) is 11.6. The molecular weight excluding hydrogens is 304 g/mol. The maximum atomic E-state index is 12.6. The Morgan fingerprint density at radius 1 is 1.17 bits per heavy atom. The van der Waals surface area contributed by atoms with E-state index in [0.29, 0.717) is 6.42 Å². The van der Waals surface area contributed by atoms with Crippen molar-refractivity contribution in [2.24, 2.45) is 0 Å². The fourth-order valence-corrected chi connectivity index (χ4v) is 3.81. The number of hydrogen-bond acceptors (Lipinski definition) is 3. The molecule has 1 heterocycles. The van der Waals surface area contributed by atoms with E-state index in [0.717, 1.165) is 48.1 Å². The van der Waals surface area contributed by atoms with Gasteiger partial charge in [-0.15, -0.1) is 0 Å². The molecule has 4 rings (SSSR count). The summed E-state index contributed by atoms with van der Waals surface area (Å²) in [6, 6.07) is 8.93. The predicted octanol–water partition coefficient (Wildman–Crippen LogP) is 1.64. The summed E-state index contributed by atoms with van der Waals surface area (Å²) >= 11 is 0. The molecule has 0 radical (unpaired) electrons. The van der Waals surface area contributed by atoms with E-state index in [1.165, 1.54) is 0 Å². The first kappa shape index (κ1) is 15.1. The maximum Gasteiger partial charge on any atom is 0.261 e. The number of hydrogen-bond donors (Lipinski definition) is 3. The van der Waals surface area contributed by atoms with E-state index in [1.807, 2.05) is 24.3 Å². The number of H-pyrrole nitrogens is 1. The zero-order valence-electron chi connectivity index (χ0n) is 13.3. The van der Waals surface area contributed by atoms with Crippen LogP contribution in [0.25, 0.3) is 0 Å². The zero-order valence-corrected chi connectivity index (χ0v) is 13.3. The van der Waals surface area contributed by atoms with Crippen LogP contribution in [0.5, 0.6) is 0 Å². The lowest BCUT2D eigenvalue weighted by Crippen LogP contribution is -2.37. The molecule has 5 heteroatoms. The Balaban J connectivity index is 1.62. The van der Waals surface area contributed by atoms with Gasteiger partial charge in [0.2, 0.25) is 0 Å². The fraction of sp³-hybridized carbons (Fsp3) is 0.368. The minimum atomic E-state index is -0.664. The van der Waals surface area contributed by atoms with Crippen LogP contribution in [0.2, 0.25) is 0 Å². The van der Waals surface area contributed by atoms with Gasteiger partial charge in [0, 0.05) is 12.1 Å². The lowest BCUT2D eigenvalue weighted by atomic mass is 9.95. The Morgan fingerprint density at radius 3 is 2.83 bits per heavy atom. The summed E-state index contributed by atoms with van der Waals surface area (Å²) in [7, 11) is 0. The quantitative estimate of drug-likeness (QED) is 0.785. The molecule has 0 saturated carbocycles. The molecule has 0 saturated heterocycles. The van der Waals surface area contributed by atoms with Gasteiger partial charge in [-0.2, -0.15) is 0 Å². The molecule has 24 heavy (non-hydrogen) atoms. The number of aliphatic hydroxyl groups is 1. The van der Waals surface area contributed by atoms with Crippen LogP contribution in [0.4, 0.5) is 0 Å². The number of aliphatic hydroxyl groups excluding tert-OH is 1. The Labute approximate surface area is 139 Å². The molecule has 2 aliphatic carbocycles. The van der Waals surface area contributed by atoms with Crippen LogP contribution < -0.4 is 10.9 Å². The largest absolute Gasteiger partial charge is 0.390 e. The highest BCUT2D eigenvalue weighted by Gasteiger charge is 2.32. The SMILES string of the molecule is O=C(N[C@@H]1c2ccccc2C[C@@H]1O)c1cc2c([nH]c1=O)CCCC2. The van der Waals surface area contributed by atoms with E-state index < -0.39 is 18.1 Å². The number of aromatic amines is 1. The lowest BCUT2D eigenvalue weighted by Gasteiger charge is -2.19. The lowest BCUT2D eigenvalue weighted by molar-refractivity contribution is 0.0856. The molecule has 2 aliphatic rings. The molecule has 5 nitrogen and oxygen atoms in total. The fourth-order valence-electron chi connectivity index (χ4n) is 3.81. The molecule has 2 aromatic rings. The van der Waals surface area contributed by atoms with Gasteiger partial charge in [-0.05, 0) is 48.4 Å². The third-order valence-electron chi connectivity index (χ3n) is 5.07. The summed E-state index contributed by atoms with van der Waals surface area (Å²) < 4.78 is 0. The van der Waals surface area contributed by atoms with Gasteiger partial charge >= 0.3 is 0 Å². The van der Waals surface area contributed by atoms with E-state index in [2.05, 4.69) is 10.3 Å². The first-order valence-electron chi connectivity index (χ1n) is 8.45. The number of aromatic nitrogens is 1. The van der Waals surface area contributed by atoms with Crippen molar-refractivity contribution in [1.29, 1.82) is 0 Å². The van der Waals surface area contributed by atoms with E-state index in [1.54, 1.807) is 6.07 Å². The smallest absolute Gasteiger partial charge is 0.261 e. The van der Waals surface area contributed by atoms with Crippen molar-refractivity contribution in [2.45, 2.75) is 44.2 Å². The topological polar surface area (TPSA) is 82.2 Å². The van der Waals surface area contributed by atoms with E-state index >= 15 is 0 Å². The van der Waals surface area contributed by atoms with Gasteiger partial charge in [-0.3, -0.25) is 9.59 Å². The molecule has 2 atom stereocenters. The van der Waals surface area contributed by atoms with E-state index in [4.69, 9.17) is 0 Å². The van der Waals surface area contributed by atoms with Crippen molar-refractivity contribution in [3.05, 3.63) is 68.6 Å². The highest BCUT2D eigenvalue weighted by atomic mass is 16.3. The van der Waals surface area contributed by atoms with Gasteiger partial charge in [-0.1, -0.05) is 24.3 Å². The molecular formula is C19H20N2O3. The minimum absolute atomic E-state index is 0.132. The van der Waals surface area contributed by atoms with Gasteiger partial charge in [0.1, 0.15) is 5.56 Å². The molecule has 1 amide bonds. The number of nitrogens with one attached hydrogen (secondary N) is 2. The number of amides is 1. The average Bonchev–Trinajstić information content (AvgIpc) is 2.90. The number of aryl methyl sites for hydroxylation is 2.